The Labute approximate surface area is 117 Å². The molecule has 0 heterocycles. The highest BCUT2D eigenvalue weighted by atomic mass is 16.5. The molecule has 0 bridgehead atoms. The van der Waals surface area contributed by atoms with Gasteiger partial charge in [0.1, 0.15) is 6.61 Å². The van der Waals surface area contributed by atoms with Crippen molar-refractivity contribution in [1.29, 1.82) is 5.41 Å². The highest BCUT2D eigenvalue weighted by Crippen LogP contribution is 2.10. The molecule has 0 aliphatic rings. The van der Waals surface area contributed by atoms with Crippen molar-refractivity contribution in [2.75, 3.05) is 7.11 Å². The van der Waals surface area contributed by atoms with Crippen LogP contribution in [0.4, 0.5) is 0 Å². The van der Waals surface area contributed by atoms with Crippen LogP contribution < -0.4 is 0 Å². The van der Waals surface area contributed by atoms with E-state index in [0.29, 0.717) is 11.1 Å². The third-order valence-corrected chi connectivity index (χ3v) is 2.78. The van der Waals surface area contributed by atoms with Crippen LogP contribution in [-0.2, 0) is 16.1 Å². The molecule has 0 fully saturated rings. The van der Waals surface area contributed by atoms with Crippen molar-refractivity contribution in [3.63, 3.8) is 0 Å². The maximum Gasteiger partial charge on any atom is 0.338 e. The quantitative estimate of drug-likeness (QED) is 0.527. The number of nitrogens with one attached hydrogen (secondary N) is 1. The summed E-state index contributed by atoms with van der Waals surface area (Å²) in [6.45, 7) is 0.228. The fourth-order valence-electron chi connectivity index (χ4n) is 1.71. The van der Waals surface area contributed by atoms with E-state index in [-0.39, 0.29) is 12.5 Å². The summed E-state index contributed by atoms with van der Waals surface area (Å²) in [4.78, 5) is 11.9. The summed E-state index contributed by atoms with van der Waals surface area (Å²) in [7, 11) is 1.42. The van der Waals surface area contributed by atoms with E-state index in [0.717, 1.165) is 5.56 Å². The van der Waals surface area contributed by atoms with Gasteiger partial charge in [0.15, 0.2) is 0 Å². The summed E-state index contributed by atoms with van der Waals surface area (Å²) in [6, 6.07) is 16.1. The standard InChI is InChI=1S/C16H15NO3/c1-19-15(17)13-8-5-9-14(10-13)16(18)20-11-12-6-3-2-4-7-12/h2-10,17H,11H2,1H3. The fraction of sp³-hybridized carbons (Fsp3) is 0.125. The first kappa shape index (κ1) is 13.8. The molecule has 2 aromatic rings. The summed E-state index contributed by atoms with van der Waals surface area (Å²) >= 11 is 0. The molecule has 0 aliphatic heterocycles. The zero-order chi connectivity index (χ0) is 14.4. The Hall–Kier alpha value is -2.62. The lowest BCUT2D eigenvalue weighted by Gasteiger charge is -2.07. The van der Waals surface area contributed by atoms with E-state index in [2.05, 4.69) is 0 Å². The van der Waals surface area contributed by atoms with Crippen molar-refractivity contribution >= 4 is 11.9 Å². The largest absolute Gasteiger partial charge is 0.481 e. The van der Waals surface area contributed by atoms with Crippen LogP contribution in [0.25, 0.3) is 0 Å². The SMILES string of the molecule is COC(=N)c1cccc(C(=O)OCc2ccccc2)c1. The Morgan fingerprint density at radius 1 is 1.05 bits per heavy atom. The average molecular weight is 269 g/mol. The second-order valence-corrected chi connectivity index (χ2v) is 4.18. The van der Waals surface area contributed by atoms with Gasteiger partial charge in [-0.05, 0) is 23.8 Å². The fourth-order valence-corrected chi connectivity index (χ4v) is 1.71. The number of hydrogen-bond donors (Lipinski definition) is 1. The van der Waals surface area contributed by atoms with Crippen LogP contribution in [0.1, 0.15) is 21.5 Å². The maximum atomic E-state index is 11.9. The zero-order valence-electron chi connectivity index (χ0n) is 11.1. The van der Waals surface area contributed by atoms with Gasteiger partial charge in [-0.3, -0.25) is 5.41 Å². The van der Waals surface area contributed by atoms with Gasteiger partial charge in [-0.25, -0.2) is 4.79 Å². The van der Waals surface area contributed by atoms with Gasteiger partial charge in [-0.1, -0.05) is 36.4 Å². The number of benzene rings is 2. The molecule has 0 saturated carbocycles. The molecular formula is C16H15NO3. The van der Waals surface area contributed by atoms with Gasteiger partial charge < -0.3 is 9.47 Å². The van der Waals surface area contributed by atoms with E-state index in [4.69, 9.17) is 14.9 Å². The van der Waals surface area contributed by atoms with Gasteiger partial charge in [-0.15, -0.1) is 0 Å². The lowest BCUT2D eigenvalue weighted by Crippen LogP contribution is -2.08. The average Bonchev–Trinajstić information content (AvgIpc) is 2.53. The third kappa shape index (κ3) is 3.45. The first-order chi connectivity index (χ1) is 9.70. The van der Waals surface area contributed by atoms with E-state index in [1.807, 2.05) is 30.3 Å². The molecule has 102 valence electrons. The number of carbonyl (C=O) groups is 1. The van der Waals surface area contributed by atoms with Gasteiger partial charge >= 0.3 is 5.97 Å². The number of ether oxygens (including phenoxy) is 2. The van der Waals surface area contributed by atoms with Crippen LogP contribution in [-0.4, -0.2) is 19.0 Å². The Balaban J connectivity index is 2.04. The number of carbonyl (C=O) groups excluding carboxylic acids is 1. The lowest BCUT2D eigenvalue weighted by atomic mass is 10.1. The number of methoxy groups -OCH3 is 1. The smallest absolute Gasteiger partial charge is 0.338 e. The molecule has 2 rings (SSSR count). The second kappa shape index (κ2) is 6.52. The number of esters is 1. The van der Waals surface area contributed by atoms with Crippen molar-refractivity contribution in [2.24, 2.45) is 0 Å². The molecule has 2 aromatic carbocycles. The molecular weight excluding hydrogens is 254 g/mol. The maximum absolute atomic E-state index is 11.9. The minimum Gasteiger partial charge on any atom is -0.481 e. The van der Waals surface area contributed by atoms with Crippen molar-refractivity contribution in [1.82, 2.24) is 0 Å². The highest BCUT2D eigenvalue weighted by Gasteiger charge is 2.10. The molecule has 0 amide bonds. The minimum atomic E-state index is -0.417. The van der Waals surface area contributed by atoms with Gasteiger partial charge in [0, 0.05) is 5.56 Å². The van der Waals surface area contributed by atoms with Crippen LogP contribution in [0.15, 0.2) is 54.6 Å². The summed E-state index contributed by atoms with van der Waals surface area (Å²) in [5.74, 6) is -0.401. The predicted octanol–water partition coefficient (Wildman–Crippen LogP) is 3.02. The van der Waals surface area contributed by atoms with E-state index < -0.39 is 5.97 Å². The molecule has 0 radical (unpaired) electrons. The topological polar surface area (TPSA) is 59.4 Å². The first-order valence-corrected chi connectivity index (χ1v) is 6.14. The minimum absolute atomic E-state index is 0.0164. The Bertz CT molecular complexity index is 608. The molecule has 4 heteroatoms. The monoisotopic (exact) mass is 269 g/mol. The highest BCUT2D eigenvalue weighted by molar-refractivity contribution is 5.96. The van der Waals surface area contributed by atoms with Crippen LogP contribution in [0, 0.1) is 5.41 Å². The molecule has 0 saturated heterocycles. The summed E-state index contributed by atoms with van der Waals surface area (Å²) in [5.41, 5.74) is 1.88. The van der Waals surface area contributed by atoms with E-state index in [1.165, 1.54) is 7.11 Å². The van der Waals surface area contributed by atoms with Crippen molar-refractivity contribution in [3.05, 3.63) is 71.3 Å². The molecule has 4 nitrogen and oxygen atoms in total. The summed E-state index contributed by atoms with van der Waals surface area (Å²) in [6.07, 6.45) is 0. The number of hydrogen-bond acceptors (Lipinski definition) is 4. The Kier molecular flexibility index (Phi) is 4.50. The number of rotatable bonds is 4. The molecule has 0 unspecified atom stereocenters. The van der Waals surface area contributed by atoms with Crippen LogP contribution in [0.5, 0.6) is 0 Å². The third-order valence-electron chi connectivity index (χ3n) is 2.78. The Morgan fingerprint density at radius 2 is 1.75 bits per heavy atom. The predicted molar refractivity (Wildman–Crippen MR) is 75.8 cm³/mol. The van der Waals surface area contributed by atoms with E-state index in [9.17, 15) is 4.79 Å². The molecule has 20 heavy (non-hydrogen) atoms. The van der Waals surface area contributed by atoms with Crippen LogP contribution >= 0.6 is 0 Å². The van der Waals surface area contributed by atoms with Crippen molar-refractivity contribution in [3.8, 4) is 0 Å². The van der Waals surface area contributed by atoms with Crippen molar-refractivity contribution < 1.29 is 14.3 Å². The zero-order valence-corrected chi connectivity index (χ0v) is 11.1. The second-order valence-electron chi connectivity index (χ2n) is 4.18. The molecule has 0 atom stereocenters. The van der Waals surface area contributed by atoms with Crippen LogP contribution in [0.2, 0.25) is 0 Å². The van der Waals surface area contributed by atoms with E-state index in [1.54, 1.807) is 24.3 Å². The molecule has 1 N–H and O–H groups in total. The molecule has 0 aliphatic carbocycles. The summed E-state index contributed by atoms with van der Waals surface area (Å²) < 4.78 is 10.1. The van der Waals surface area contributed by atoms with Gasteiger partial charge in [0.2, 0.25) is 5.90 Å². The molecule has 0 aromatic heterocycles. The molecule has 0 spiro atoms. The summed E-state index contributed by atoms with van der Waals surface area (Å²) in [5, 5.41) is 7.58. The normalized spacial score (nSPS) is 9.85. The lowest BCUT2D eigenvalue weighted by molar-refractivity contribution is 0.0472. The van der Waals surface area contributed by atoms with Crippen molar-refractivity contribution in [2.45, 2.75) is 6.61 Å². The van der Waals surface area contributed by atoms with E-state index >= 15 is 0 Å². The first-order valence-electron chi connectivity index (χ1n) is 6.14. The Morgan fingerprint density at radius 3 is 2.45 bits per heavy atom. The van der Waals surface area contributed by atoms with Crippen LogP contribution in [0.3, 0.4) is 0 Å². The van der Waals surface area contributed by atoms with Gasteiger partial charge in [-0.2, -0.15) is 0 Å². The van der Waals surface area contributed by atoms with Gasteiger partial charge in [0.25, 0.3) is 0 Å². The van der Waals surface area contributed by atoms with Gasteiger partial charge in [0.05, 0.1) is 12.7 Å².